The average Bonchev–Trinajstić information content (AvgIpc) is 2.86. The summed E-state index contributed by atoms with van der Waals surface area (Å²) in [5.74, 6) is -0.302. The van der Waals surface area contributed by atoms with E-state index >= 15 is 0 Å². The number of nitrogens with one attached hydrogen (secondary N) is 2. The maximum absolute atomic E-state index is 12.0. The van der Waals surface area contributed by atoms with Gasteiger partial charge >= 0.3 is 0 Å². The van der Waals surface area contributed by atoms with Crippen molar-refractivity contribution in [3.63, 3.8) is 0 Å². The number of H-pyrrole nitrogens is 1. The summed E-state index contributed by atoms with van der Waals surface area (Å²) >= 11 is 0. The number of anilines is 2. The van der Waals surface area contributed by atoms with Crippen molar-refractivity contribution in [2.75, 3.05) is 11.1 Å². The predicted octanol–water partition coefficient (Wildman–Crippen LogP) is 1.19. The zero-order chi connectivity index (χ0) is 13.2. The fourth-order valence-corrected chi connectivity index (χ4v) is 1.78. The van der Waals surface area contributed by atoms with Crippen molar-refractivity contribution in [1.29, 1.82) is 0 Å². The fourth-order valence-electron chi connectivity index (χ4n) is 1.78. The lowest BCUT2D eigenvalue weighted by Gasteiger charge is -2.06. The molecule has 0 aliphatic carbocycles. The first kappa shape index (κ1) is 11.1. The first-order valence-electron chi connectivity index (χ1n) is 5.56. The van der Waals surface area contributed by atoms with E-state index in [0.717, 1.165) is 10.8 Å². The molecule has 0 radical (unpaired) electrons. The molecule has 0 unspecified atom stereocenters. The molecule has 1 aromatic carbocycles. The van der Waals surface area contributed by atoms with Gasteiger partial charge in [0.1, 0.15) is 0 Å². The molecule has 2 aromatic heterocycles. The number of nitrogens with two attached hydrogens (primary N) is 1. The zero-order valence-electron chi connectivity index (χ0n) is 9.79. The largest absolute Gasteiger partial charge is 0.366 e. The van der Waals surface area contributed by atoms with Crippen molar-refractivity contribution in [3.8, 4) is 0 Å². The van der Waals surface area contributed by atoms with Crippen LogP contribution < -0.4 is 11.1 Å². The Labute approximate surface area is 107 Å². The topological polar surface area (TPSA) is 110 Å². The van der Waals surface area contributed by atoms with Gasteiger partial charge in [-0.1, -0.05) is 12.1 Å². The molecule has 19 heavy (non-hydrogen) atoms. The fraction of sp³-hybridized carbons (Fsp3) is 0. The number of carbonyl (C=O) groups excluding carboxylic acids is 1. The van der Waals surface area contributed by atoms with E-state index < -0.39 is 5.91 Å². The van der Waals surface area contributed by atoms with Gasteiger partial charge in [0.25, 0.3) is 5.91 Å². The SMILES string of the molecule is Nc1n[nH]c(C(=O)Nc2cccc3ccncc23)n1. The second-order valence-corrected chi connectivity index (χ2v) is 3.90. The number of rotatable bonds is 2. The number of amides is 1. The van der Waals surface area contributed by atoms with Gasteiger partial charge in [-0.25, -0.2) is 0 Å². The van der Waals surface area contributed by atoms with Crippen molar-refractivity contribution in [2.45, 2.75) is 0 Å². The van der Waals surface area contributed by atoms with Gasteiger partial charge in [-0.15, -0.1) is 5.10 Å². The summed E-state index contributed by atoms with van der Waals surface area (Å²) in [7, 11) is 0. The van der Waals surface area contributed by atoms with Crippen LogP contribution in [0.4, 0.5) is 11.6 Å². The highest BCUT2D eigenvalue weighted by molar-refractivity contribution is 6.07. The Balaban J connectivity index is 1.95. The lowest BCUT2D eigenvalue weighted by atomic mass is 10.1. The Morgan fingerprint density at radius 3 is 3.00 bits per heavy atom. The molecule has 0 atom stereocenters. The van der Waals surface area contributed by atoms with E-state index in [2.05, 4.69) is 25.5 Å². The minimum atomic E-state index is -0.402. The summed E-state index contributed by atoms with van der Waals surface area (Å²) in [6, 6.07) is 7.46. The van der Waals surface area contributed by atoms with E-state index in [1.807, 2.05) is 18.2 Å². The van der Waals surface area contributed by atoms with Gasteiger partial charge in [-0.05, 0) is 17.5 Å². The highest BCUT2D eigenvalue weighted by Crippen LogP contribution is 2.22. The lowest BCUT2D eigenvalue weighted by molar-refractivity contribution is 0.101. The van der Waals surface area contributed by atoms with Gasteiger partial charge in [-0.2, -0.15) is 4.98 Å². The molecule has 3 rings (SSSR count). The summed E-state index contributed by atoms with van der Waals surface area (Å²) in [5, 5.41) is 10.7. The van der Waals surface area contributed by atoms with Crippen LogP contribution in [0.2, 0.25) is 0 Å². The summed E-state index contributed by atoms with van der Waals surface area (Å²) < 4.78 is 0. The van der Waals surface area contributed by atoms with Gasteiger partial charge in [0.05, 0.1) is 5.69 Å². The van der Waals surface area contributed by atoms with Crippen LogP contribution in [-0.4, -0.2) is 26.1 Å². The molecule has 7 heteroatoms. The molecule has 3 aromatic rings. The molecule has 7 nitrogen and oxygen atoms in total. The molecule has 0 bridgehead atoms. The molecule has 0 saturated heterocycles. The van der Waals surface area contributed by atoms with Gasteiger partial charge in [0, 0.05) is 17.8 Å². The van der Waals surface area contributed by atoms with E-state index in [4.69, 9.17) is 5.73 Å². The average molecular weight is 254 g/mol. The number of aromatic amines is 1. The van der Waals surface area contributed by atoms with Gasteiger partial charge < -0.3 is 11.1 Å². The van der Waals surface area contributed by atoms with Crippen LogP contribution in [0.25, 0.3) is 10.8 Å². The Morgan fingerprint density at radius 1 is 1.32 bits per heavy atom. The highest BCUT2D eigenvalue weighted by atomic mass is 16.2. The van der Waals surface area contributed by atoms with E-state index in [1.54, 1.807) is 18.5 Å². The molecule has 94 valence electrons. The minimum Gasteiger partial charge on any atom is -0.366 e. The number of hydrogen-bond donors (Lipinski definition) is 3. The number of fused-ring (bicyclic) bond motifs is 1. The molecular formula is C12H10N6O. The normalized spacial score (nSPS) is 10.5. The molecule has 2 heterocycles. The first-order valence-corrected chi connectivity index (χ1v) is 5.56. The van der Waals surface area contributed by atoms with Crippen LogP contribution in [0.1, 0.15) is 10.6 Å². The highest BCUT2D eigenvalue weighted by Gasteiger charge is 2.12. The number of pyridine rings is 1. The van der Waals surface area contributed by atoms with E-state index in [9.17, 15) is 4.79 Å². The Kier molecular flexibility index (Phi) is 2.57. The zero-order valence-corrected chi connectivity index (χ0v) is 9.79. The molecule has 0 spiro atoms. The Morgan fingerprint density at radius 2 is 2.21 bits per heavy atom. The monoisotopic (exact) mass is 254 g/mol. The molecule has 4 N–H and O–H groups in total. The van der Waals surface area contributed by atoms with Crippen LogP contribution >= 0.6 is 0 Å². The smallest absolute Gasteiger partial charge is 0.293 e. The van der Waals surface area contributed by atoms with Crippen molar-refractivity contribution < 1.29 is 4.79 Å². The third-order valence-corrected chi connectivity index (χ3v) is 2.65. The maximum atomic E-state index is 12.0. The second kappa shape index (κ2) is 4.37. The number of nitrogen functional groups attached to an aromatic ring is 1. The van der Waals surface area contributed by atoms with Gasteiger partial charge in [-0.3, -0.25) is 14.9 Å². The number of carbonyl (C=O) groups is 1. The molecular weight excluding hydrogens is 244 g/mol. The van der Waals surface area contributed by atoms with Crippen molar-refractivity contribution in [3.05, 3.63) is 42.5 Å². The molecule has 0 saturated carbocycles. The van der Waals surface area contributed by atoms with E-state index in [1.165, 1.54) is 0 Å². The van der Waals surface area contributed by atoms with Crippen LogP contribution in [0, 0.1) is 0 Å². The Hall–Kier alpha value is -2.96. The van der Waals surface area contributed by atoms with Crippen LogP contribution in [-0.2, 0) is 0 Å². The number of hydrogen-bond acceptors (Lipinski definition) is 5. The first-order chi connectivity index (χ1) is 9.24. The summed E-state index contributed by atoms with van der Waals surface area (Å²) in [6.07, 6.45) is 3.39. The third kappa shape index (κ3) is 2.08. The summed E-state index contributed by atoms with van der Waals surface area (Å²) in [4.78, 5) is 19.8. The maximum Gasteiger partial charge on any atom is 0.293 e. The Bertz CT molecular complexity index is 745. The second-order valence-electron chi connectivity index (χ2n) is 3.90. The van der Waals surface area contributed by atoms with Crippen LogP contribution in [0.5, 0.6) is 0 Å². The van der Waals surface area contributed by atoms with Crippen LogP contribution in [0.15, 0.2) is 36.7 Å². The summed E-state index contributed by atoms with van der Waals surface area (Å²) in [6.45, 7) is 0. The van der Waals surface area contributed by atoms with Crippen LogP contribution in [0.3, 0.4) is 0 Å². The quantitative estimate of drug-likeness (QED) is 0.636. The number of benzene rings is 1. The standard InChI is InChI=1S/C12H10N6O/c13-12-16-10(17-18-12)11(19)15-9-3-1-2-7-4-5-14-6-8(7)9/h1-6H,(H,15,19)(H3,13,16,17,18). The predicted molar refractivity (Wildman–Crippen MR) is 70.5 cm³/mol. The number of nitrogens with zero attached hydrogens (tertiary/aromatic N) is 3. The lowest BCUT2D eigenvalue weighted by Crippen LogP contribution is -2.14. The molecule has 1 amide bonds. The molecule has 0 fully saturated rings. The van der Waals surface area contributed by atoms with Crippen molar-refractivity contribution in [1.82, 2.24) is 20.2 Å². The van der Waals surface area contributed by atoms with Gasteiger partial charge in [0.15, 0.2) is 0 Å². The number of aromatic nitrogens is 4. The van der Waals surface area contributed by atoms with Crippen molar-refractivity contribution >= 4 is 28.3 Å². The third-order valence-electron chi connectivity index (χ3n) is 2.65. The molecule has 0 aliphatic rings. The van der Waals surface area contributed by atoms with E-state index in [0.29, 0.717) is 5.69 Å². The minimum absolute atomic E-state index is 0.0322. The van der Waals surface area contributed by atoms with Gasteiger partial charge in [0.2, 0.25) is 11.8 Å². The van der Waals surface area contributed by atoms with E-state index in [-0.39, 0.29) is 11.8 Å². The summed E-state index contributed by atoms with van der Waals surface area (Å²) in [5.41, 5.74) is 6.01. The van der Waals surface area contributed by atoms with Crippen molar-refractivity contribution in [2.24, 2.45) is 0 Å². The molecule has 0 aliphatic heterocycles.